The van der Waals surface area contributed by atoms with Crippen LogP contribution in [0.5, 0.6) is 0 Å². The second-order valence-electron chi connectivity index (χ2n) is 5.12. The SMILES string of the molecule is CCCNC(CCn1c(C)nc2ccccc21)C(=O)OC. The van der Waals surface area contributed by atoms with Gasteiger partial charge in [-0.2, -0.15) is 0 Å². The molecule has 0 aliphatic carbocycles. The average molecular weight is 289 g/mol. The normalized spacial score (nSPS) is 12.5. The van der Waals surface area contributed by atoms with Gasteiger partial charge in [-0.1, -0.05) is 19.1 Å². The van der Waals surface area contributed by atoms with E-state index in [4.69, 9.17) is 4.74 Å². The smallest absolute Gasteiger partial charge is 0.322 e. The van der Waals surface area contributed by atoms with Crippen molar-refractivity contribution in [2.45, 2.75) is 39.3 Å². The predicted octanol–water partition coefficient (Wildman–Crippen LogP) is 2.28. The highest BCUT2D eigenvalue weighted by atomic mass is 16.5. The molecule has 1 unspecified atom stereocenters. The van der Waals surface area contributed by atoms with Gasteiger partial charge in [0.1, 0.15) is 11.9 Å². The molecular formula is C16H23N3O2. The molecule has 0 spiro atoms. The first-order valence-electron chi connectivity index (χ1n) is 7.40. The van der Waals surface area contributed by atoms with Crippen LogP contribution >= 0.6 is 0 Å². The van der Waals surface area contributed by atoms with Crippen LogP contribution in [0.2, 0.25) is 0 Å². The van der Waals surface area contributed by atoms with Gasteiger partial charge in [-0.25, -0.2) is 4.98 Å². The molecule has 0 amide bonds. The number of benzene rings is 1. The molecule has 0 saturated heterocycles. The highest BCUT2D eigenvalue weighted by Gasteiger charge is 2.18. The Morgan fingerprint density at radius 2 is 2.19 bits per heavy atom. The third-order valence-corrected chi connectivity index (χ3v) is 3.61. The number of hydrogen-bond acceptors (Lipinski definition) is 4. The number of ether oxygens (including phenoxy) is 1. The highest BCUT2D eigenvalue weighted by Crippen LogP contribution is 2.16. The van der Waals surface area contributed by atoms with Crippen LogP contribution in [0.3, 0.4) is 0 Å². The lowest BCUT2D eigenvalue weighted by atomic mass is 10.2. The lowest BCUT2D eigenvalue weighted by molar-refractivity contribution is -0.143. The van der Waals surface area contributed by atoms with Crippen LogP contribution in [0.15, 0.2) is 24.3 Å². The minimum atomic E-state index is -0.268. The lowest BCUT2D eigenvalue weighted by Crippen LogP contribution is -2.38. The summed E-state index contributed by atoms with van der Waals surface area (Å²) in [6.45, 7) is 5.62. The Labute approximate surface area is 125 Å². The monoisotopic (exact) mass is 289 g/mol. The van der Waals surface area contributed by atoms with Crippen molar-refractivity contribution in [3.63, 3.8) is 0 Å². The third kappa shape index (κ3) is 3.61. The van der Waals surface area contributed by atoms with E-state index in [0.29, 0.717) is 6.42 Å². The molecule has 0 radical (unpaired) electrons. The van der Waals surface area contributed by atoms with E-state index in [1.165, 1.54) is 7.11 Å². The summed E-state index contributed by atoms with van der Waals surface area (Å²) in [6.07, 6.45) is 1.67. The van der Waals surface area contributed by atoms with Gasteiger partial charge >= 0.3 is 5.97 Å². The lowest BCUT2D eigenvalue weighted by Gasteiger charge is -2.17. The van der Waals surface area contributed by atoms with Crippen LogP contribution in [-0.4, -0.2) is 35.2 Å². The molecule has 2 rings (SSSR count). The van der Waals surface area contributed by atoms with E-state index in [0.717, 1.165) is 36.4 Å². The topological polar surface area (TPSA) is 56.2 Å². The molecule has 114 valence electrons. The summed E-state index contributed by atoms with van der Waals surface area (Å²) in [6, 6.07) is 7.79. The first-order chi connectivity index (χ1) is 10.2. The predicted molar refractivity (Wildman–Crippen MR) is 83.2 cm³/mol. The van der Waals surface area contributed by atoms with Crippen molar-refractivity contribution < 1.29 is 9.53 Å². The van der Waals surface area contributed by atoms with Crippen LogP contribution in [-0.2, 0) is 16.1 Å². The van der Waals surface area contributed by atoms with Gasteiger partial charge in [0.05, 0.1) is 18.1 Å². The molecular weight excluding hydrogens is 266 g/mol. The second-order valence-corrected chi connectivity index (χ2v) is 5.12. The number of imidazole rings is 1. The van der Waals surface area contributed by atoms with E-state index in [2.05, 4.69) is 27.9 Å². The van der Waals surface area contributed by atoms with Crippen molar-refractivity contribution in [1.29, 1.82) is 0 Å². The fraction of sp³-hybridized carbons (Fsp3) is 0.500. The molecule has 1 aromatic heterocycles. The zero-order chi connectivity index (χ0) is 15.2. The summed E-state index contributed by atoms with van der Waals surface area (Å²) in [5.41, 5.74) is 2.10. The molecule has 1 atom stereocenters. The first kappa shape index (κ1) is 15.5. The maximum absolute atomic E-state index is 11.8. The maximum atomic E-state index is 11.8. The number of carbonyl (C=O) groups excluding carboxylic acids is 1. The first-order valence-corrected chi connectivity index (χ1v) is 7.40. The van der Waals surface area contributed by atoms with E-state index < -0.39 is 0 Å². The van der Waals surface area contributed by atoms with Crippen LogP contribution in [0.25, 0.3) is 11.0 Å². The Kier molecular flexibility index (Phi) is 5.33. The van der Waals surface area contributed by atoms with Crippen molar-refractivity contribution in [2.24, 2.45) is 0 Å². The molecule has 5 nitrogen and oxygen atoms in total. The molecule has 21 heavy (non-hydrogen) atoms. The maximum Gasteiger partial charge on any atom is 0.322 e. The fourth-order valence-electron chi connectivity index (χ4n) is 2.50. The molecule has 2 aromatic rings. The van der Waals surface area contributed by atoms with E-state index in [-0.39, 0.29) is 12.0 Å². The number of aromatic nitrogens is 2. The molecule has 0 bridgehead atoms. The number of para-hydroxylation sites is 2. The Morgan fingerprint density at radius 1 is 1.43 bits per heavy atom. The van der Waals surface area contributed by atoms with Crippen molar-refractivity contribution >= 4 is 17.0 Å². The summed E-state index contributed by atoms with van der Waals surface area (Å²) in [5.74, 6) is 0.765. The Balaban J connectivity index is 2.11. The van der Waals surface area contributed by atoms with E-state index in [9.17, 15) is 4.79 Å². The number of carbonyl (C=O) groups is 1. The quantitative estimate of drug-likeness (QED) is 0.795. The number of nitrogens with one attached hydrogen (secondary N) is 1. The Hall–Kier alpha value is -1.88. The second kappa shape index (κ2) is 7.22. The van der Waals surface area contributed by atoms with Gasteiger partial charge < -0.3 is 14.6 Å². The minimum Gasteiger partial charge on any atom is -0.468 e. The van der Waals surface area contributed by atoms with Crippen LogP contribution in [0, 0.1) is 6.92 Å². The summed E-state index contributed by atoms with van der Waals surface area (Å²) >= 11 is 0. The summed E-state index contributed by atoms with van der Waals surface area (Å²) in [7, 11) is 1.43. The van der Waals surface area contributed by atoms with Crippen LogP contribution in [0.4, 0.5) is 0 Å². The average Bonchev–Trinajstić information content (AvgIpc) is 2.82. The molecule has 1 heterocycles. The number of nitrogens with zero attached hydrogens (tertiary/aromatic N) is 2. The van der Waals surface area contributed by atoms with E-state index >= 15 is 0 Å². The Bertz CT molecular complexity index is 607. The number of fused-ring (bicyclic) bond motifs is 1. The fourth-order valence-corrected chi connectivity index (χ4v) is 2.50. The highest BCUT2D eigenvalue weighted by molar-refractivity contribution is 5.76. The Morgan fingerprint density at radius 3 is 2.90 bits per heavy atom. The van der Waals surface area contributed by atoms with Gasteiger partial charge in [-0.3, -0.25) is 4.79 Å². The van der Waals surface area contributed by atoms with Gasteiger partial charge in [0.2, 0.25) is 0 Å². The van der Waals surface area contributed by atoms with Gasteiger partial charge in [0.25, 0.3) is 0 Å². The molecule has 1 N–H and O–H groups in total. The largest absolute Gasteiger partial charge is 0.468 e. The van der Waals surface area contributed by atoms with Crippen molar-refractivity contribution in [1.82, 2.24) is 14.9 Å². The number of methoxy groups -OCH3 is 1. The van der Waals surface area contributed by atoms with Crippen LogP contribution < -0.4 is 5.32 Å². The number of esters is 1. The van der Waals surface area contributed by atoms with Crippen LogP contribution in [0.1, 0.15) is 25.6 Å². The molecule has 5 heteroatoms. The summed E-state index contributed by atoms with van der Waals surface area (Å²) in [5, 5.41) is 3.24. The van der Waals surface area contributed by atoms with Gasteiger partial charge in [0.15, 0.2) is 0 Å². The van der Waals surface area contributed by atoms with Crippen molar-refractivity contribution in [3.8, 4) is 0 Å². The minimum absolute atomic E-state index is 0.203. The molecule has 0 saturated carbocycles. The standard InChI is InChI=1S/C16H23N3O2/c1-4-10-17-14(16(20)21-3)9-11-19-12(2)18-13-7-5-6-8-15(13)19/h5-8,14,17H,4,9-11H2,1-3H3. The summed E-state index contributed by atoms with van der Waals surface area (Å²) < 4.78 is 7.02. The zero-order valence-electron chi connectivity index (χ0n) is 12.9. The van der Waals surface area contributed by atoms with Gasteiger partial charge in [0, 0.05) is 6.54 Å². The van der Waals surface area contributed by atoms with Crippen molar-refractivity contribution in [3.05, 3.63) is 30.1 Å². The van der Waals surface area contributed by atoms with E-state index in [1.54, 1.807) is 0 Å². The molecule has 0 fully saturated rings. The van der Waals surface area contributed by atoms with Gasteiger partial charge in [-0.05, 0) is 38.4 Å². The zero-order valence-corrected chi connectivity index (χ0v) is 12.9. The number of hydrogen-bond donors (Lipinski definition) is 1. The number of aryl methyl sites for hydroxylation is 2. The van der Waals surface area contributed by atoms with E-state index in [1.807, 2.05) is 25.1 Å². The summed E-state index contributed by atoms with van der Waals surface area (Å²) in [4.78, 5) is 16.4. The van der Waals surface area contributed by atoms with Gasteiger partial charge in [-0.15, -0.1) is 0 Å². The van der Waals surface area contributed by atoms with Crippen molar-refractivity contribution in [2.75, 3.05) is 13.7 Å². The molecule has 0 aliphatic heterocycles. The number of rotatable bonds is 7. The molecule has 1 aromatic carbocycles. The third-order valence-electron chi connectivity index (χ3n) is 3.61. The molecule has 0 aliphatic rings.